The van der Waals surface area contributed by atoms with E-state index in [0.29, 0.717) is 13.0 Å². The molecule has 0 aromatic carbocycles. The molecule has 196 valence electrons. The Morgan fingerprint density at radius 3 is 1.97 bits per heavy atom. The van der Waals surface area contributed by atoms with E-state index in [9.17, 15) is 13.6 Å². The molecular weight excluding hydrogens is 426 g/mol. The molecule has 1 N–H and O–H groups in total. The molecule has 2 atom stereocenters. The van der Waals surface area contributed by atoms with E-state index in [2.05, 4.69) is 17.1 Å². The maximum Gasteiger partial charge on any atom is 0.279 e. The van der Waals surface area contributed by atoms with Crippen molar-refractivity contribution in [3.05, 3.63) is 0 Å². The fourth-order valence-corrected chi connectivity index (χ4v) is 4.36. The van der Waals surface area contributed by atoms with Crippen LogP contribution in [0, 0.1) is 0 Å². The van der Waals surface area contributed by atoms with Crippen molar-refractivity contribution in [2.75, 3.05) is 27.2 Å². The number of alkyl halides is 2. The van der Waals surface area contributed by atoms with Crippen LogP contribution < -0.4 is 5.32 Å². The Morgan fingerprint density at radius 1 is 0.939 bits per heavy atom. The molecular formula is C26H50F2N2O3. The number of carbonyl (C=O) groups excluding carboxylic acids is 1. The third kappa shape index (κ3) is 13.0. The molecule has 33 heavy (non-hydrogen) atoms. The summed E-state index contributed by atoms with van der Waals surface area (Å²) in [5.41, 5.74) is -1.11. The molecule has 0 spiro atoms. The second kappa shape index (κ2) is 16.8. The van der Waals surface area contributed by atoms with Crippen LogP contribution in [-0.4, -0.2) is 55.6 Å². The third-order valence-corrected chi connectivity index (χ3v) is 6.59. The lowest BCUT2D eigenvalue weighted by atomic mass is 9.85. The topological polar surface area (TPSA) is 50.8 Å². The standard InChI is InChI=1S/C26H50F2N2O3/c1-5-6-7-8-9-10-11-12-13-14-15-16-19-26(27,28)24-25(2,33-32-24)20-18-23(31)29-21-17-22-30(3)4/h24H,5-22H2,1-4H3,(H,29,31). The fourth-order valence-electron chi connectivity index (χ4n) is 4.36. The summed E-state index contributed by atoms with van der Waals surface area (Å²) in [6.07, 6.45) is 13.7. The summed E-state index contributed by atoms with van der Waals surface area (Å²) in [7, 11) is 3.96. The number of hydrogen-bond donors (Lipinski definition) is 1. The minimum absolute atomic E-state index is 0.131. The van der Waals surface area contributed by atoms with Gasteiger partial charge in [-0.2, -0.15) is 0 Å². The van der Waals surface area contributed by atoms with Crippen molar-refractivity contribution in [3.8, 4) is 0 Å². The first-order chi connectivity index (χ1) is 15.7. The number of carbonyl (C=O) groups is 1. The van der Waals surface area contributed by atoms with E-state index in [-0.39, 0.29) is 25.2 Å². The summed E-state index contributed by atoms with van der Waals surface area (Å²) in [6.45, 7) is 5.33. The lowest BCUT2D eigenvalue weighted by Gasteiger charge is -2.47. The molecule has 1 aliphatic rings. The molecule has 1 rings (SSSR count). The first-order valence-electron chi connectivity index (χ1n) is 13.3. The lowest BCUT2D eigenvalue weighted by molar-refractivity contribution is -0.533. The van der Waals surface area contributed by atoms with Gasteiger partial charge in [0.1, 0.15) is 5.60 Å². The lowest BCUT2D eigenvalue weighted by Crippen LogP contribution is -2.62. The molecule has 0 bridgehead atoms. The molecule has 0 aromatic rings. The van der Waals surface area contributed by atoms with Gasteiger partial charge in [-0.1, -0.05) is 77.6 Å². The molecule has 2 unspecified atom stereocenters. The Labute approximate surface area is 201 Å². The Morgan fingerprint density at radius 2 is 1.48 bits per heavy atom. The monoisotopic (exact) mass is 476 g/mol. The van der Waals surface area contributed by atoms with Crippen LogP contribution in [0.3, 0.4) is 0 Å². The number of halogens is 2. The van der Waals surface area contributed by atoms with Gasteiger partial charge in [0.15, 0.2) is 6.10 Å². The summed E-state index contributed by atoms with van der Waals surface area (Å²) in [5, 5.41) is 2.84. The van der Waals surface area contributed by atoms with Gasteiger partial charge in [-0.3, -0.25) is 4.79 Å². The SMILES string of the molecule is CCCCCCCCCCCCCCC(F)(F)C1OOC1(C)CCC(=O)NCCCN(C)C. The van der Waals surface area contributed by atoms with E-state index >= 15 is 0 Å². The zero-order chi connectivity index (χ0) is 24.6. The largest absolute Gasteiger partial charge is 0.356 e. The van der Waals surface area contributed by atoms with Gasteiger partial charge in [-0.15, -0.1) is 0 Å². The van der Waals surface area contributed by atoms with Gasteiger partial charge >= 0.3 is 0 Å². The molecule has 1 heterocycles. The van der Waals surface area contributed by atoms with Crippen LogP contribution in [0.2, 0.25) is 0 Å². The second-order valence-electron chi connectivity index (χ2n) is 10.3. The zero-order valence-electron chi connectivity index (χ0n) is 21.7. The van der Waals surface area contributed by atoms with Gasteiger partial charge in [0, 0.05) is 19.4 Å². The first-order valence-corrected chi connectivity index (χ1v) is 13.3. The van der Waals surface area contributed by atoms with Gasteiger partial charge in [-0.25, -0.2) is 18.6 Å². The number of unbranched alkanes of at least 4 members (excludes halogenated alkanes) is 11. The van der Waals surface area contributed by atoms with Crippen molar-refractivity contribution in [1.29, 1.82) is 0 Å². The molecule has 1 saturated heterocycles. The summed E-state index contributed by atoms with van der Waals surface area (Å²) < 4.78 is 29.4. The number of nitrogens with zero attached hydrogens (tertiary/aromatic N) is 1. The van der Waals surface area contributed by atoms with E-state index in [1.165, 1.54) is 51.4 Å². The maximum atomic E-state index is 14.7. The first kappa shape index (κ1) is 30.2. The quantitative estimate of drug-likeness (QED) is 0.149. The minimum Gasteiger partial charge on any atom is -0.356 e. The highest BCUT2D eigenvalue weighted by atomic mass is 19.3. The van der Waals surface area contributed by atoms with Crippen LogP contribution in [0.1, 0.15) is 117 Å². The van der Waals surface area contributed by atoms with E-state index in [1.54, 1.807) is 6.92 Å². The predicted molar refractivity (Wildman–Crippen MR) is 130 cm³/mol. The van der Waals surface area contributed by atoms with Crippen molar-refractivity contribution in [3.63, 3.8) is 0 Å². The minimum atomic E-state index is -2.94. The Kier molecular flexibility index (Phi) is 15.4. The molecule has 1 amide bonds. The van der Waals surface area contributed by atoms with Gasteiger partial charge in [-0.05, 0) is 46.8 Å². The highest BCUT2D eigenvalue weighted by Gasteiger charge is 2.60. The van der Waals surface area contributed by atoms with Crippen LogP contribution in [-0.2, 0) is 14.6 Å². The van der Waals surface area contributed by atoms with Crippen LogP contribution in [0.5, 0.6) is 0 Å². The normalized spacial score (nSPS) is 20.8. The van der Waals surface area contributed by atoms with E-state index < -0.39 is 17.6 Å². The van der Waals surface area contributed by atoms with Crippen LogP contribution in [0.25, 0.3) is 0 Å². The van der Waals surface area contributed by atoms with E-state index in [1.807, 2.05) is 14.1 Å². The van der Waals surface area contributed by atoms with Crippen LogP contribution in [0.15, 0.2) is 0 Å². The second-order valence-corrected chi connectivity index (χ2v) is 10.3. The summed E-state index contributed by atoms with van der Waals surface area (Å²) >= 11 is 0. The molecule has 0 aromatic heterocycles. The van der Waals surface area contributed by atoms with Crippen LogP contribution >= 0.6 is 0 Å². The maximum absolute atomic E-state index is 14.7. The third-order valence-electron chi connectivity index (χ3n) is 6.59. The molecule has 1 fully saturated rings. The van der Waals surface area contributed by atoms with Gasteiger partial charge in [0.2, 0.25) is 5.91 Å². The molecule has 0 radical (unpaired) electrons. The number of amides is 1. The highest BCUT2D eigenvalue weighted by Crippen LogP contribution is 2.45. The number of nitrogens with one attached hydrogen (secondary N) is 1. The molecule has 1 aliphatic heterocycles. The van der Waals surface area contributed by atoms with Gasteiger partial charge < -0.3 is 10.2 Å². The average molecular weight is 477 g/mol. The van der Waals surface area contributed by atoms with Crippen molar-refractivity contribution < 1.29 is 23.4 Å². The Bertz CT molecular complexity index is 520. The van der Waals surface area contributed by atoms with Gasteiger partial charge in [0.25, 0.3) is 5.92 Å². The predicted octanol–water partition coefficient (Wildman–Crippen LogP) is 6.65. The summed E-state index contributed by atoms with van der Waals surface area (Å²) in [4.78, 5) is 24.0. The molecule has 0 saturated carbocycles. The molecule has 5 nitrogen and oxygen atoms in total. The molecule has 0 aliphatic carbocycles. The fraction of sp³-hybridized carbons (Fsp3) is 0.962. The van der Waals surface area contributed by atoms with E-state index in [0.717, 1.165) is 32.2 Å². The number of hydrogen-bond acceptors (Lipinski definition) is 4. The average Bonchev–Trinajstić information content (AvgIpc) is 2.74. The van der Waals surface area contributed by atoms with Crippen LogP contribution in [0.4, 0.5) is 8.78 Å². The Balaban J connectivity index is 2.13. The summed E-state index contributed by atoms with van der Waals surface area (Å²) in [6, 6.07) is 0. The van der Waals surface area contributed by atoms with Crippen molar-refractivity contribution in [1.82, 2.24) is 10.2 Å². The van der Waals surface area contributed by atoms with Crippen molar-refractivity contribution >= 4 is 5.91 Å². The van der Waals surface area contributed by atoms with E-state index in [4.69, 9.17) is 9.78 Å². The van der Waals surface area contributed by atoms with Gasteiger partial charge in [0.05, 0.1) is 0 Å². The van der Waals surface area contributed by atoms with Crippen molar-refractivity contribution in [2.45, 2.75) is 134 Å². The Hall–Kier alpha value is -0.790. The number of rotatable bonds is 21. The van der Waals surface area contributed by atoms with Crippen molar-refractivity contribution in [2.24, 2.45) is 0 Å². The smallest absolute Gasteiger partial charge is 0.279 e. The highest BCUT2D eigenvalue weighted by molar-refractivity contribution is 5.75. The zero-order valence-corrected chi connectivity index (χ0v) is 21.7. The molecule has 7 heteroatoms. The summed E-state index contributed by atoms with van der Waals surface area (Å²) in [5.74, 6) is -3.07.